The predicted octanol–water partition coefficient (Wildman–Crippen LogP) is 3.12. The largest absolute Gasteiger partial charge is 0.508 e. The van der Waals surface area contributed by atoms with E-state index in [9.17, 15) is 5.11 Å². The Labute approximate surface area is 185 Å². The number of nitrogens with two attached hydrogens (primary N) is 2. The molecule has 0 aliphatic carbocycles. The Morgan fingerprint density at radius 3 is 2.52 bits per heavy atom. The Morgan fingerprint density at radius 2 is 1.87 bits per heavy atom. The number of hydrazone groups is 1. The molecule has 2 aromatic carbocycles. The van der Waals surface area contributed by atoms with Gasteiger partial charge in [0.2, 0.25) is 0 Å². The van der Waals surface area contributed by atoms with E-state index in [-0.39, 0.29) is 11.8 Å². The maximum absolute atomic E-state index is 10.1. The predicted molar refractivity (Wildman–Crippen MR) is 128 cm³/mol. The van der Waals surface area contributed by atoms with Crippen molar-refractivity contribution < 1.29 is 5.11 Å². The third-order valence-corrected chi connectivity index (χ3v) is 5.99. The normalized spacial score (nSPS) is 16.4. The number of aromatic hydroxyl groups is 1. The molecular weight excluding hydrogens is 388 g/mol. The minimum atomic E-state index is -0.209. The van der Waals surface area contributed by atoms with Crippen LogP contribution in [0.25, 0.3) is 0 Å². The third kappa shape index (κ3) is 5.48. The Kier molecular flexibility index (Phi) is 7.76. The molecule has 1 saturated heterocycles. The summed E-state index contributed by atoms with van der Waals surface area (Å²) < 4.78 is 0. The molecular formula is C24H36N6O. The monoisotopic (exact) mass is 424 g/mol. The summed E-state index contributed by atoms with van der Waals surface area (Å²) in [6.45, 7) is 10.6. The highest BCUT2D eigenvalue weighted by Gasteiger charge is 2.31. The summed E-state index contributed by atoms with van der Waals surface area (Å²) >= 11 is 0. The number of benzene rings is 2. The van der Waals surface area contributed by atoms with Gasteiger partial charge in [0, 0.05) is 38.4 Å². The van der Waals surface area contributed by atoms with Crippen LogP contribution in [0.4, 0.5) is 5.69 Å². The van der Waals surface area contributed by atoms with E-state index in [1.54, 1.807) is 17.1 Å². The number of nitrogens with zero attached hydrogens (tertiary/aromatic N) is 4. The second-order valence-corrected chi connectivity index (χ2v) is 8.34. The maximum Gasteiger partial charge on any atom is 0.160 e. The fraction of sp³-hybridized carbons (Fsp3) is 0.458. The molecule has 0 radical (unpaired) electrons. The Hall–Kier alpha value is -2.77. The molecule has 1 aliphatic heterocycles. The summed E-state index contributed by atoms with van der Waals surface area (Å²) in [5, 5.41) is 15.9. The quantitative estimate of drug-likeness (QED) is 0.274. The van der Waals surface area contributed by atoms with Crippen molar-refractivity contribution in [2.24, 2.45) is 16.8 Å². The van der Waals surface area contributed by atoms with Gasteiger partial charge in [0.05, 0.1) is 6.04 Å². The fourth-order valence-electron chi connectivity index (χ4n) is 4.24. The summed E-state index contributed by atoms with van der Waals surface area (Å²) in [5.74, 6) is 13.1. The lowest BCUT2D eigenvalue weighted by atomic mass is 10.0. The van der Waals surface area contributed by atoms with E-state index in [1.165, 1.54) is 16.8 Å². The van der Waals surface area contributed by atoms with Crippen molar-refractivity contribution in [2.45, 2.75) is 39.7 Å². The van der Waals surface area contributed by atoms with Crippen molar-refractivity contribution in [3.63, 3.8) is 0 Å². The summed E-state index contributed by atoms with van der Waals surface area (Å²) in [6.07, 6.45) is 2.00. The standard InChI is InChI=1S/C24H36N6O/c1-4-5-11-30(26)24(27-25)23(20-7-6-8-21(31)17-20)29-14-12-28(13-15-29)22-16-18(2)9-10-19(22)3/h6-10,16-17,23,31H,4-5,11-15,25-26H2,1-3H3/b27-24-. The van der Waals surface area contributed by atoms with Gasteiger partial charge in [0.1, 0.15) is 5.75 Å². The number of rotatable bonds is 7. The lowest BCUT2D eigenvalue weighted by molar-refractivity contribution is 0.213. The van der Waals surface area contributed by atoms with Crippen molar-refractivity contribution in [3.05, 3.63) is 59.2 Å². The zero-order chi connectivity index (χ0) is 22.4. The third-order valence-electron chi connectivity index (χ3n) is 5.99. The van der Waals surface area contributed by atoms with Crippen LogP contribution in [-0.4, -0.2) is 53.6 Å². The zero-order valence-corrected chi connectivity index (χ0v) is 19.0. The number of unbranched alkanes of at least 4 members (excludes halogenated alkanes) is 1. The van der Waals surface area contributed by atoms with Gasteiger partial charge in [-0.1, -0.05) is 37.6 Å². The minimum absolute atomic E-state index is 0.209. The van der Waals surface area contributed by atoms with Crippen molar-refractivity contribution in [1.29, 1.82) is 0 Å². The second-order valence-electron chi connectivity index (χ2n) is 8.34. The molecule has 1 atom stereocenters. The molecule has 0 aromatic heterocycles. The lowest BCUT2D eigenvalue weighted by Crippen LogP contribution is -2.53. The topological polar surface area (TPSA) is 94.3 Å². The van der Waals surface area contributed by atoms with Gasteiger partial charge in [0.15, 0.2) is 5.84 Å². The number of hydrazine groups is 1. The molecule has 1 aliphatic rings. The van der Waals surface area contributed by atoms with Gasteiger partial charge in [-0.25, -0.2) is 5.84 Å². The number of piperazine rings is 1. The molecule has 31 heavy (non-hydrogen) atoms. The molecule has 3 rings (SSSR count). The van der Waals surface area contributed by atoms with Gasteiger partial charge in [0.25, 0.3) is 0 Å². The highest BCUT2D eigenvalue weighted by molar-refractivity contribution is 5.88. The first-order chi connectivity index (χ1) is 14.9. The van der Waals surface area contributed by atoms with Gasteiger partial charge in [-0.05, 0) is 55.2 Å². The van der Waals surface area contributed by atoms with Crippen LogP contribution in [0.5, 0.6) is 5.75 Å². The number of hydrogen-bond donors (Lipinski definition) is 3. The molecule has 2 aromatic rings. The van der Waals surface area contributed by atoms with Crippen LogP contribution in [0, 0.1) is 13.8 Å². The summed E-state index contributed by atoms with van der Waals surface area (Å²) in [5.41, 5.74) is 4.80. The second kappa shape index (κ2) is 10.5. The van der Waals surface area contributed by atoms with Crippen molar-refractivity contribution in [3.8, 4) is 5.75 Å². The molecule has 168 valence electrons. The first-order valence-electron chi connectivity index (χ1n) is 11.1. The van der Waals surface area contributed by atoms with Gasteiger partial charge >= 0.3 is 0 Å². The molecule has 0 bridgehead atoms. The van der Waals surface area contributed by atoms with E-state index in [1.807, 2.05) is 12.1 Å². The molecule has 7 nitrogen and oxygen atoms in total. The number of amidine groups is 1. The summed E-state index contributed by atoms with van der Waals surface area (Å²) in [6, 6.07) is 13.7. The van der Waals surface area contributed by atoms with Gasteiger partial charge < -0.3 is 15.8 Å². The number of aryl methyl sites for hydroxylation is 2. The van der Waals surface area contributed by atoms with E-state index in [2.05, 4.69) is 53.9 Å². The fourth-order valence-corrected chi connectivity index (χ4v) is 4.24. The van der Waals surface area contributed by atoms with Crippen LogP contribution in [0.2, 0.25) is 0 Å². The molecule has 1 fully saturated rings. The van der Waals surface area contributed by atoms with Crippen LogP contribution < -0.4 is 16.6 Å². The molecule has 1 unspecified atom stereocenters. The molecule has 0 spiro atoms. The first-order valence-corrected chi connectivity index (χ1v) is 11.1. The number of anilines is 1. The minimum Gasteiger partial charge on any atom is -0.508 e. The van der Waals surface area contributed by atoms with E-state index in [0.717, 1.165) is 44.6 Å². The Bertz CT molecular complexity index is 891. The van der Waals surface area contributed by atoms with E-state index >= 15 is 0 Å². The molecule has 0 saturated carbocycles. The maximum atomic E-state index is 10.1. The Balaban J connectivity index is 1.84. The Morgan fingerprint density at radius 1 is 1.13 bits per heavy atom. The van der Waals surface area contributed by atoms with Crippen molar-refractivity contribution >= 4 is 11.5 Å². The number of hydrogen-bond acceptors (Lipinski definition) is 6. The smallest absolute Gasteiger partial charge is 0.160 e. The average Bonchev–Trinajstić information content (AvgIpc) is 2.77. The molecule has 1 heterocycles. The van der Waals surface area contributed by atoms with Crippen molar-refractivity contribution in [1.82, 2.24) is 9.91 Å². The summed E-state index contributed by atoms with van der Waals surface area (Å²) in [7, 11) is 0. The van der Waals surface area contributed by atoms with Crippen molar-refractivity contribution in [2.75, 3.05) is 37.6 Å². The van der Waals surface area contributed by atoms with Gasteiger partial charge in [-0.2, -0.15) is 5.10 Å². The SMILES string of the molecule is CCCCN(N)/C(=N\N)C(c1cccc(O)c1)N1CCN(c2cc(C)ccc2C)CC1. The molecule has 0 amide bonds. The van der Waals surface area contributed by atoms with Crippen LogP contribution in [0.15, 0.2) is 47.6 Å². The van der Waals surface area contributed by atoms with Gasteiger partial charge in [-0.3, -0.25) is 9.91 Å². The average molecular weight is 425 g/mol. The highest BCUT2D eigenvalue weighted by atomic mass is 16.3. The van der Waals surface area contributed by atoms with Gasteiger partial charge in [-0.15, -0.1) is 0 Å². The summed E-state index contributed by atoms with van der Waals surface area (Å²) in [4.78, 5) is 4.79. The zero-order valence-electron chi connectivity index (χ0n) is 19.0. The van der Waals surface area contributed by atoms with E-state index in [0.29, 0.717) is 12.4 Å². The number of phenolic OH excluding ortho intramolecular Hbond substituents is 1. The number of phenols is 1. The van der Waals surface area contributed by atoms with Crippen LogP contribution in [0.3, 0.4) is 0 Å². The van der Waals surface area contributed by atoms with Crippen LogP contribution in [0.1, 0.15) is 42.5 Å². The molecule has 5 N–H and O–H groups in total. The first kappa shape index (κ1) is 22.9. The lowest BCUT2D eigenvalue weighted by Gasteiger charge is -2.42. The van der Waals surface area contributed by atoms with Crippen LogP contribution >= 0.6 is 0 Å². The van der Waals surface area contributed by atoms with Crippen LogP contribution in [-0.2, 0) is 0 Å². The molecule has 7 heteroatoms. The van der Waals surface area contributed by atoms with E-state index in [4.69, 9.17) is 11.7 Å². The van der Waals surface area contributed by atoms with E-state index < -0.39 is 0 Å². The highest BCUT2D eigenvalue weighted by Crippen LogP contribution is 2.29.